The van der Waals surface area contributed by atoms with Crippen molar-refractivity contribution in [2.24, 2.45) is 0 Å². The number of rotatable bonds is 4. The predicted molar refractivity (Wildman–Crippen MR) is 62.8 cm³/mol. The van der Waals surface area contributed by atoms with Crippen LogP contribution in [0.15, 0.2) is 0 Å². The molecule has 0 heterocycles. The first-order chi connectivity index (χ1) is 6.20. The zero-order valence-electron chi connectivity index (χ0n) is 6.67. The van der Waals surface area contributed by atoms with Crippen molar-refractivity contribution < 1.29 is 19.1 Å². The Hall–Kier alpha value is 0.690. The third kappa shape index (κ3) is 9.01. The van der Waals surface area contributed by atoms with Gasteiger partial charge in [0.2, 0.25) is 0 Å². The number of carbonyl (C=O) groups excluding carboxylic acids is 2. The minimum absolute atomic E-state index is 0.360. The van der Waals surface area contributed by atoms with E-state index in [2.05, 4.69) is 9.47 Å². The van der Waals surface area contributed by atoms with E-state index in [1.54, 1.807) is 0 Å². The number of methoxy groups -OCH3 is 2. The van der Waals surface area contributed by atoms with Crippen molar-refractivity contribution in [2.45, 2.75) is 0 Å². The molecule has 0 saturated heterocycles. The van der Waals surface area contributed by atoms with Crippen molar-refractivity contribution >= 4 is 61.7 Å². The fourth-order valence-electron chi connectivity index (χ4n) is 0.163. The predicted octanol–water partition coefficient (Wildman–Crippen LogP) is 3.85. The molecule has 0 rings (SSSR count). The van der Waals surface area contributed by atoms with Crippen LogP contribution in [0.25, 0.3) is 0 Å². The molecule has 0 aromatic carbocycles. The van der Waals surface area contributed by atoms with Crippen molar-refractivity contribution in [1.82, 2.24) is 0 Å². The fraction of sp³-hybridized carbons (Fsp3) is 0.500. The van der Waals surface area contributed by atoms with Gasteiger partial charge in [0.25, 0.3) is 0 Å². The number of hydrogen-bond acceptors (Lipinski definition) is 9. The Kier molecular flexibility index (Phi) is 9.74. The van der Waals surface area contributed by atoms with Gasteiger partial charge in [-0.2, -0.15) is 0 Å². The third-order valence-electron chi connectivity index (χ3n) is 0.593. The summed E-state index contributed by atoms with van der Waals surface area (Å²) in [5.74, 6) is 0. The van der Waals surface area contributed by atoms with E-state index in [0.29, 0.717) is 0 Å². The molecule has 0 saturated carbocycles. The largest absolute Gasteiger partial charge is 0.460 e. The number of ether oxygens (including phenoxy) is 2. The molecule has 0 aliphatic carbocycles. The zero-order chi connectivity index (χ0) is 10.1. The maximum Gasteiger partial charge on any atom is 0.378 e. The van der Waals surface area contributed by atoms with Gasteiger partial charge in [-0.1, -0.05) is 0 Å². The van der Waals surface area contributed by atoms with Gasteiger partial charge >= 0.3 is 10.6 Å². The topological polar surface area (TPSA) is 52.6 Å². The summed E-state index contributed by atoms with van der Waals surface area (Å²) in [7, 11) is 8.33. The standard InChI is InChI=1S/C4H6O4S5/c1-7-3(5)9-11-13-12-10-4(6)8-2/h1-2H3. The Morgan fingerprint density at radius 2 is 1.23 bits per heavy atom. The normalized spacial score (nSPS) is 9.38. The van der Waals surface area contributed by atoms with Gasteiger partial charge in [0.05, 0.1) is 14.2 Å². The third-order valence-corrected chi connectivity index (χ3v) is 8.23. The molecule has 9 heteroatoms. The Balaban J connectivity index is 3.17. The zero-order valence-corrected chi connectivity index (χ0v) is 10.8. The molecule has 0 N–H and O–H groups in total. The highest BCUT2D eigenvalue weighted by atomic mass is 33.8. The lowest BCUT2D eigenvalue weighted by Gasteiger charge is -1.96. The summed E-state index contributed by atoms with van der Waals surface area (Å²) in [5.41, 5.74) is 0. The van der Waals surface area contributed by atoms with E-state index in [1.807, 2.05) is 0 Å². The molecule has 0 fully saturated rings. The SMILES string of the molecule is COC(=O)SSSSSC(=O)OC. The van der Waals surface area contributed by atoms with Crippen LogP contribution in [0.1, 0.15) is 0 Å². The van der Waals surface area contributed by atoms with Gasteiger partial charge in [0.15, 0.2) is 0 Å². The lowest BCUT2D eigenvalue weighted by atomic mass is 11.5. The van der Waals surface area contributed by atoms with Gasteiger partial charge in [-0.05, 0) is 29.5 Å². The van der Waals surface area contributed by atoms with Gasteiger partial charge in [-0.15, -0.1) is 0 Å². The van der Waals surface area contributed by atoms with Crippen LogP contribution in [0.4, 0.5) is 9.59 Å². The summed E-state index contributed by atoms with van der Waals surface area (Å²) in [6.07, 6.45) is 0. The monoisotopic (exact) mass is 278 g/mol. The average molecular weight is 278 g/mol. The van der Waals surface area contributed by atoms with E-state index >= 15 is 0 Å². The highest BCUT2D eigenvalue weighted by Gasteiger charge is 2.05. The van der Waals surface area contributed by atoms with Crippen LogP contribution in [0.2, 0.25) is 0 Å². The van der Waals surface area contributed by atoms with Crippen molar-refractivity contribution in [3.05, 3.63) is 0 Å². The van der Waals surface area contributed by atoms with E-state index in [9.17, 15) is 9.59 Å². The van der Waals surface area contributed by atoms with Crippen molar-refractivity contribution in [3.63, 3.8) is 0 Å². The summed E-state index contributed by atoms with van der Waals surface area (Å²) >= 11 is 0. The van der Waals surface area contributed by atoms with Crippen molar-refractivity contribution in [2.75, 3.05) is 14.2 Å². The molecule has 76 valence electrons. The van der Waals surface area contributed by atoms with Crippen molar-refractivity contribution in [1.29, 1.82) is 0 Å². The minimum atomic E-state index is -0.360. The summed E-state index contributed by atoms with van der Waals surface area (Å²) < 4.78 is 8.76. The van der Waals surface area contributed by atoms with Crippen LogP contribution >= 0.6 is 51.1 Å². The van der Waals surface area contributed by atoms with Gasteiger partial charge in [-0.3, -0.25) is 0 Å². The van der Waals surface area contributed by atoms with Gasteiger partial charge < -0.3 is 9.47 Å². The molecule has 4 nitrogen and oxygen atoms in total. The van der Waals surface area contributed by atoms with Gasteiger partial charge in [0.1, 0.15) is 0 Å². The molecule has 0 unspecified atom stereocenters. The van der Waals surface area contributed by atoms with Crippen LogP contribution < -0.4 is 0 Å². The number of carbonyl (C=O) groups is 2. The average Bonchev–Trinajstić information content (AvgIpc) is 2.16. The molecule has 13 heavy (non-hydrogen) atoms. The minimum Gasteiger partial charge on any atom is -0.460 e. The second-order valence-corrected chi connectivity index (χ2v) is 8.59. The molecule has 0 radical (unpaired) electrons. The summed E-state index contributed by atoms with van der Waals surface area (Å²) in [6, 6.07) is 0. The molecule has 0 atom stereocenters. The van der Waals surface area contributed by atoms with Crippen LogP contribution in [0.3, 0.4) is 0 Å². The Morgan fingerprint density at radius 3 is 1.54 bits per heavy atom. The molecule has 0 aromatic rings. The molecule has 0 amide bonds. The maximum atomic E-state index is 10.6. The smallest absolute Gasteiger partial charge is 0.378 e. The van der Waals surface area contributed by atoms with Crippen LogP contribution in [0.5, 0.6) is 0 Å². The quantitative estimate of drug-likeness (QED) is 0.433. The van der Waals surface area contributed by atoms with Crippen LogP contribution in [-0.2, 0) is 9.47 Å². The highest BCUT2D eigenvalue weighted by molar-refractivity contribution is 9.37. The van der Waals surface area contributed by atoms with E-state index in [-0.39, 0.29) is 10.6 Å². The first-order valence-electron chi connectivity index (χ1n) is 2.71. The van der Waals surface area contributed by atoms with E-state index in [4.69, 9.17) is 0 Å². The summed E-state index contributed by atoms with van der Waals surface area (Å²) in [5, 5.41) is -0.720. The Bertz CT molecular complexity index is 156. The van der Waals surface area contributed by atoms with Crippen molar-refractivity contribution in [3.8, 4) is 0 Å². The second-order valence-electron chi connectivity index (χ2n) is 1.28. The molecule has 0 bridgehead atoms. The first-order valence-corrected chi connectivity index (χ1v) is 8.86. The molecular weight excluding hydrogens is 272 g/mol. The Morgan fingerprint density at radius 1 is 0.846 bits per heavy atom. The summed E-state index contributed by atoms with van der Waals surface area (Å²) in [4.78, 5) is 21.1. The van der Waals surface area contributed by atoms with Crippen LogP contribution in [-0.4, -0.2) is 24.8 Å². The Labute approximate surface area is 94.6 Å². The molecular formula is C4H6O4S5. The summed E-state index contributed by atoms with van der Waals surface area (Å²) in [6.45, 7) is 0. The molecule has 0 spiro atoms. The fourth-order valence-corrected chi connectivity index (χ4v) is 7.12. The van der Waals surface area contributed by atoms with Gasteiger partial charge in [0, 0.05) is 21.6 Å². The molecule has 0 aliphatic rings. The van der Waals surface area contributed by atoms with Crippen LogP contribution in [0, 0.1) is 0 Å². The molecule has 0 aromatic heterocycles. The lowest BCUT2D eigenvalue weighted by molar-refractivity contribution is 0.200. The maximum absolute atomic E-state index is 10.6. The molecule has 0 aliphatic heterocycles. The van der Waals surface area contributed by atoms with E-state index in [1.165, 1.54) is 43.7 Å². The second kappa shape index (κ2) is 9.25. The van der Waals surface area contributed by atoms with Gasteiger partial charge in [-0.25, -0.2) is 9.59 Å². The lowest BCUT2D eigenvalue weighted by Crippen LogP contribution is -1.86. The number of hydrogen-bond donors (Lipinski definition) is 0. The van der Waals surface area contributed by atoms with E-state index < -0.39 is 0 Å². The first kappa shape index (κ1) is 13.7. The van der Waals surface area contributed by atoms with E-state index in [0.717, 1.165) is 21.6 Å². The highest BCUT2D eigenvalue weighted by Crippen LogP contribution is 2.49.